The Bertz CT molecular complexity index is 1060. The predicted molar refractivity (Wildman–Crippen MR) is 112 cm³/mol. The van der Waals surface area contributed by atoms with E-state index in [1.54, 1.807) is 4.90 Å². The maximum atomic E-state index is 13.5. The third-order valence-corrected chi connectivity index (χ3v) is 6.72. The van der Waals surface area contributed by atoms with Crippen LogP contribution in [0.15, 0.2) is 6.33 Å². The van der Waals surface area contributed by atoms with E-state index in [0.717, 1.165) is 12.8 Å². The van der Waals surface area contributed by atoms with Gasteiger partial charge in [-0.1, -0.05) is 0 Å². The van der Waals surface area contributed by atoms with Crippen molar-refractivity contribution in [1.82, 2.24) is 29.6 Å². The molecule has 33 heavy (non-hydrogen) atoms. The van der Waals surface area contributed by atoms with Crippen LogP contribution >= 0.6 is 0 Å². The molecule has 0 bridgehead atoms. The van der Waals surface area contributed by atoms with Gasteiger partial charge >= 0.3 is 6.18 Å². The number of halogens is 3. The van der Waals surface area contributed by atoms with Gasteiger partial charge in [0.2, 0.25) is 17.8 Å². The average molecular weight is 465 g/mol. The van der Waals surface area contributed by atoms with Crippen LogP contribution in [0.25, 0.3) is 0 Å². The molecule has 0 spiro atoms. The summed E-state index contributed by atoms with van der Waals surface area (Å²) >= 11 is 0. The Kier molecular flexibility index (Phi) is 5.38. The van der Waals surface area contributed by atoms with Crippen LogP contribution in [0, 0.1) is 0 Å². The van der Waals surface area contributed by atoms with Crippen LogP contribution in [0.3, 0.4) is 0 Å². The van der Waals surface area contributed by atoms with Gasteiger partial charge in [-0.15, -0.1) is 0 Å². The van der Waals surface area contributed by atoms with Crippen LogP contribution in [-0.4, -0.2) is 73.8 Å². The molecule has 10 nitrogen and oxygen atoms in total. The first kappa shape index (κ1) is 21.9. The third-order valence-electron chi connectivity index (χ3n) is 6.72. The minimum Gasteiger partial charge on any atom is -0.337 e. The van der Waals surface area contributed by atoms with Crippen molar-refractivity contribution in [2.75, 3.05) is 36.0 Å². The molecule has 2 fully saturated rings. The minimum absolute atomic E-state index is 0.0197. The van der Waals surface area contributed by atoms with Crippen LogP contribution in [0.4, 0.5) is 25.1 Å². The fourth-order valence-electron chi connectivity index (χ4n) is 5.06. The molecule has 2 N–H and O–H groups in total. The highest BCUT2D eigenvalue weighted by Crippen LogP contribution is 2.35. The number of piperidine rings is 1. The van der Waals surface area contributed by atoms with Gasteiger partial charge in [0.1, 0.15) is 6.33 Å². The molecule has 0 aliphatic carbocycles. The van der Waals surface area contributed by atoms with E-state index in [2.05, 4.69) is 20.1 Å². The summed E-state index contributed by atoms with van der Waals surface area (Å²) in [6, 6.07) is -0.338. The van der Waals surface area contributed by atoms with E-state index in [1.807, 2.05) is 9.80 Å². The number of likely N-dealkylation sites (tertiary alicyclic amines) is 1. The lowest BCUT2D eigenvalue weighted by Gasteiger charge is -2.34. The molecule has 3 aliphatic rings. The number of carbonyl (C=O) groups is 1. The van der Waals surface area contributed by atoms with E-state index in [-0.39, 0.29) is 30.1 Å². The number of nitrogens with two attached hydrogens (primary N) is 1. The smallest absolute Gasteiger partial charge is 0.337 e. The van der Waals surface area contributed by atoms with E-state index in [4.69, 9.17) is 5.73 Å². The maximum Gasteiger partial charge on any atom is 0.435 e. The maximum absolute atomic E-state index is 13.5. The van der Waals surface area contributed by atoms with Crippen molar-refractivity contribution in [3.8, 4) is 0 Å². The molecule has 2 saturated heterocycles. The first-order chi connectivity index (χ1) is 15.7. The second-order valence-corrected chi connectivity index (χ2v) is 8.83. The Morgan fingerprint density at radius 3 is 2.55 bits per heavy atom. The van der Waals surface area contributed by atoms with Crippen LogP contribution in [-0.2, 0) is 31.0 Å². The van der Waals surface area contributed by atoms with E-state index in [1.165, 1.54) is 18.1 Å². The Hall–Kier alpha value is -2.96. The molecule has 0 saturated carbocycles. The number of aryl methyl sites for hydroxylation is 1. The number of alkyl halides is 3. The van der Waals surface area contributed by atoms with Gasteiger partial charge in [-0.3, -0.25) is 9.48 Å². The molecule has 2 atom stereocenters. The normalized spacial score (nSPS) is 23.9. The van der Waals surface area contributed by atoms with Crippen molar-refractivity contribution in [2.24, 2.45) is 12.8 Å². The molecule has 5 heterocycles. The lowest BCUT2D eigenvalue weighted by Crippen LogP contribution is -2.51. The largest absolute Gasteiger partial charge is 0.435 e. The number of nitrogens with zero attached hydrogens (tertiary/aromatic N) is 8. The Balaban J connectivity index is 1.35. The molecule has 2 aromatic heterocycles. The van der Waals surface area contributed by atoms with Gasteiger partial charge in [0.25, 0.3) is 0 Å². The van der Waals surface area contributed by atoms with Gasteiger partial charge in [-0.05, 0) is 12.8 Å². The zero-order valence-corrected chi connectivity index (χ0v) is 18.3. The van der Waals surface area contributed by atoms with Gasteiger partial charge in [0, 0.05) is 69.9 Å². The van der Waals surface area contributed by atoms with Gasteiger partial charge in [0.15, 0.2) is 5.69 Å². The first-order valence-electron chi connectivity index (χ1n) is 11.1. The topological polar surface area (TPSA) is 109 Å². The molecule has 2 aromatic rings. The molecule has 5 rings (SSSR count). The van der Waals surface area contributed by atoms with E-state index >= 15 is 0 Å². The van der Waals surface area contributed by atoms with Crippen LogP contribution < -0.4 is 15.5 Å². The van der Waals surface area contributed by atoms with Crippen LogP contribution in [0.1, 0.15) is 36.2 Å². The summed E-state index contributed by atoms with van der Waals surface area (Å²) in [4.78, 5) is 30.9. The Labute approximate surface area is 188 Å². The van der Waals surface area contributed by atoms with Crippen molar-refractivity contribution in [2.45, 2.75) is 50.5 Å². The van der Waals surface area contributed by atoms with Crippen molar-refractivity contribution in [3.63, 3.8) is 0 Å². The Morgan fingerprint density at radius 2 is 1.82 bits per heavy atom. The zero-order chi connectivity index (χ0) is 23.3. The number of hydrogen-bond donors (Lipinski definition) is 1. The van der Waals surface area contributed by atoms with E-state index in [0.29, 0.717) is 56.6 Å². The molecule has 178 valence electrons. The molecule has 3 aliphatic heterocycles. The lowest BCUT2D eigenvalue weighted by molar-refractivity contribution is -0.142. The summed E-state index contributed by atoms with van der Waals surface area (Å²) in [5.74, 6) is 0.852. The molecule has 0 unspecified atom stereocenters. The van der Waals surface area contributed by atoms with Crippen LogP contribution in [0.5, 0.6) is 0 Å². The summed E-state index contributed by atoms with van der Waals surface area (Å²) in [6.07, 6.45) is -0.330. The summed E-state index contributed by atoms with van der Waals surface area (Å²) in [7, 11) is 1.53. The monoisotopic (exact) mass is 465 g/mol. The average Bonchev–Trinajstić information content (AvgIpc) is 3.34. The second kappa shape index (κ2) is 8.12. The van der Waals surface area contributed by atoms with Gasteiger partial charge in [-0.25, -0.2) is 9.97 Å². The van der Waals surface area contributed by atoms with Crippen molar-refractivity contribution in [3.05, 3.63) is 23.3 Å². The highest BCUT2D eigenvalue weighted by Gasteiger charge is 2.41. The highest BCUT2D eigenvalue weighted by atomic mass is 19.4. The van der Waals surface area contributed by atoms with E-state index in [9.17, 15) is 18.0 Å². The lowest BCUT2D eigenvalue weighted by atomic mass is 10.1. The third kappa shape index (κ3) is 3.98. The molecular formula is C20H26F3N9O. The van der Waals surface area contributed by atoms with Gasteiger partial charge in [-0.2, -0.15) is 23.3 Å². The fraction of sp³-hybridized carbons (Fsp3) is 0.650. The molecule has 13 heteroatoms. The number of anilines is 2. The van der Waals surface area contributed by atoms with E-state index < -0.39 is 11.9 Å². The summed E-state index contributed by atoms with van der Waals surface area (Å²) in [5, 5.41) is 3.70. The molecule has 0 radical (unpaired) electrons. The fourth-order valence-corrected chi connectivity index (χ4v) is 5.06. The molecular weight excluding hydrogens is 439 g/mol. The number of rotatable bonds is 3. The number of carbonyl (C=O) groups excluding carboxylic acids is 1. The summed E-state index contributed by atoms with van der Waals surface area (Å²) in [5.41, 5.74) is 6.23. The molecule has 0 aromatic carbocycles. The van der Waals surface area contributed by atoms with Gasteiger partial charge < -0.3 is 20.4 Å². The number of aromatic nitrogens is 5. The SMILES string of the molecule is Cn1nc(C(F)(F)F)c2c1CCN(c1ncnc(N3C[C@@H](N)[C@@H](N4CCCCC4=O)C3)n1)C2. The summed E-state index contributed by atoms with van der Waals surface area (Å²) in [6.45, 7) is 2.20. The first-order valence-corrected chi connectivity index (χ1v) is 11.1. The number of fused-ring (bicyclic) bond motifs is 1. The second-order valence-electron chi connectivity index (χ2n) is 8.83. The van der Waals surface area contributed by atoms with Crippen molar-refractivity contribution >= 4 is 17.8 Å². The van der Waals surface area contributed by atoms with Crippen molar-refractivity contribution < 1.29 is 18.0 Å². The van der Waals surface area contributed by atoms with Crippen LogP contribution in [0.2, 0.25) is 0 Å². The number of hydrogen-bond acceptors (Lipinski definition) is 8. The standard InChI is InChI=1S/C20H26F3N9O/c1-29-14-5-7-30(8-12(14)17(28-29)20(21,22)23)18-25-11-26-19(27-18)31-9-13(24)15(10-31)32-6-3-2-4-16(32)33/h11,13,15H,2-10,24H2,1H3/t13-,15+/m1/s1. The molecule has 1 amide bonds. The quantitative estimate of drug-likeness (QED) is 0.706. The number of amides is 1. The van der Waals surface area contributed by atoms with Gasteiger partial charge in [0.05, 0.1) is 6.04 Å². The van der Waals surface area contributed by atoms with Crippen molar-refractivity contribution in [1.29, 1.82) is 0 Å². The highest BCUT2D eigenvalue weighted by molar-refractivity contribution is 5.77. The summed E-state index contributed by atoms with van der Waals surface area (Å²) < 4.78 is 41.7. The predicted octanol–water partition coefficient (Wildman–Crippen LogP) is 0.715. The zero-order valence-electron chi connectivity index (χ0n) is 18.3. The Morgan fingerprint density at radius 1 is 1.06 bits per heavy atom. The minimum atomic E-state index is -4.52.